The number of aryl methyl sites for hydroxylation is 1. The molecule has 1 aromatic carbocycles. The molecule has 128 valence electrons. The van der Waals surface area contributed by atoms with Gasteiger partial charge in [-0.1, -0.05) is 11.8 Å². The molecule has 4 rings (SSSR count). The Morgan fingerprint density at radius 1 is 1.48 bits per heavy atom. The van der Waals surface area contributed by atoms with Crippen LogP contribution < -0.4 is 4.90 Å². The Morgan fingerprint density at radius 2 is 2.32 bits per heavy atom. The van der Waals surface area contributed by atoms with Gasteiger partial charge in [0.15, 0.2) is 11.5 Å². The van der Waals surface area contributed by atoms with Crippen LogP contribution in [0.5, 0.6) is 0 Å². The minimum absolute atomic E-state index is 0.202. The fourth-order valence-electron chi connectivity index (χ4n) is 2.83. The Hall–Kier alpha value is -2.96. The van der Waals surface area contributed by atoms with Crippen molar-refractivity contribution in [2.75, 3.05) is 4.90 Å². The molecule has 0 atom stereocenters. The average Bonchev–Trinajstić information content (AvgIpc) is 3.17. The van der Waals surface area contributed by atoms with Gasteiger partial charge in [0.25, 0.3) is 5.91 Å². The average molecular weight is 337 g/mol. The van der Waals surface area contributed by atoms with Gasteiger partial charge in [-0.3, -0.25) is 9.48 Å². The van der Waals surface area contributed by atoms with Crippen molar-refractivity contribution in [1.29, 1.82) is 0 Å². The summed E-state index contributed by atoms with van der Waals surface area (Å²) in [7, 11) is 0. The molecule has 7 heteroatoms. The number of oxazole rings is 1. The van der Waals surface area contributed by atoms with E-state index in [9.17, 15) is 4.79 Å². The van der Waals surface area contributed by atoms with Gasteiger partial charge in [0.2, 0.25) is 0 Å². The predicted octanol–water partition coefficient (Wildman–Crippen LogP) is 2.86. The summed E-state index contributed by atoms with van der Waals surface area (Å²) >= 11 is 0. The van der Waals surface area contributed by atoms with E-state index in [0.29, 0.717) is 23.7 Å². The van der Waals surface area contributed by atoms with Gasteiger partial charge >= 0.3 is 0 Å². The lowest BCUT2D eigenvalue weighted by molar-refractivity contribution is -0.114. The third-order valence-electron chi connectivity index (χ3n) is 4.28. The fourth-order valence-corrected chi connectivity index (χ4v) is 2.83. The van der Waals surface area contributed by atoms with Gasteiger partial charge in [0.1, 0.15) is 11.2 Å². The van der Waals surface area contributed by atoms with E-state index in [0.717, 1.165) is 23.7 Å². The highest BCUT2D eigenvalue weighted by atomic mass is 16.3. The summed E-state index contributed by atoms with van der Waals surface area (Å²) in [4.78, 5) is 18.2. The van der Waals surface area contributed by atoms with Crippen LogP contribution in [0, 0.1) is 12.8 Å². The van der Waals surface area contributed by atoms with Crippen LogP contribution in [0.15, 0.2) is 41.5 Å². The first-order valence-electron chi connectivity index (χ1n) is 8.32. The molecule has 0 aliphatic heterocycles. The molecular formula is C18H19N5O2. The number of aromatic nitrogens is 4. The van der Waals surface area contributed by atoms with E-state index < -0.39 is 0 Å². The van der Waals surface area contributed by atoms with Gasteiger partial charge < -0.3 is 9.32 Å². The molecule has 0 spiro atoms. The van der Waals surface area contributed by atoms with Gasteiger partial charge in [0, 0.05) is 25.2 Å². The molecule has 7 nitrogen and oxygen atoms in total. The van der Waals surface area contributed by atoms with Crippen LogP contribution >= 0.6 is 0 Å². The lowest BCUT2D eigenvalue weighted by atomic mass is 10.2. The Bertz CT molecular complexity index is 938. The summed E-state index contributed by atoms with van der Waals surface area (Å²) in [5.74, 6) is 1.11. The van der Waals surface area contributed by atoms with E-state index in [1.54, 1.807) is 11.8 Å². The molecule has 1 aliphatic rings. The number of hydrogen-bond donors (Lipinski definition) is 0. The van der Waals surface area contributed by atoms with Crippen LogP contribution in [0.25, 0.3) is 11.1 Å². The molecule has 25 heavy (non-hydrogen) atoms. The molecule has 0 bridgehead atoms. The van der Waals surface area contributed by atoms with Crippen molar-refractivity contribution in [3.05, 3.63) is 48.6 Å². The zero-order chi connectivity index (χ0) is 17.4. The van der Waals surface area contributed by atoms with E-state index in [2.05, 4.69) is 21.9 Å². The minimum Gasteiger partial charge on any atom is -0.441 e. The standard InChI is InChI=1S/C18H19N5O2/c1-3-18(24)23(11-14-10-22(21-20-14)9-13-4-5-13)15-6-7-16-17(8-15)25-12(2)19-16/h3,6-8,10,13H,1,4-5,9,11H2,2H3. The zero-order valence-corrected chi connectivity index (χ0v) is 14.1. The molecule has 0 radical (unpaired) electrons. The van der Waals surface area contributed by atoms with E-state index in [1.165, 1.54) is 18.9 Å². The topological polar surface area (TPSA) is 77.1 Å². The van der Waals surface area contributed by atoms with Crippen molar-refractivity contribution in [2.45, 2.75) is 32.9 Å². The van der Waals surface area contributed by atoms with Crippen molar-refractivity contribution < 1.29 is 9.21 Å². The smallest absolute Gasteiger partial charge is 0.250 e. The normalized spacial score (nSPS) is 14.0. The Kier molecular flexibility index (Phi) is 3.83. The van der Waals surface area contributed by atoms with Crippen LogP contribution in [0.1, 0.15) is 24.4 Å². The molecule has 1 aliphatic carbocycles. The monoisotopic (exact) mass is 337 g/mol. The molecule has 0 N–H and O–H groups in total. The number of hydrogen-bond acceptors (Lipinski definition) is 5. The predicted molar refractivity (Wildman–Crippen MR) is 92.9 cm³/mol. The first kappa shape index (κ1) is 15.6. The van der Waals surface area contributed by atoms with E-state index in [4.69, 9.17) is 4.42 Å². The number of rotatable bonds is 6. The number of amides is 1. The third kappa shape index (κ3) is 3.31. The van der Waals surface area contributed by atoms with E-state index >= 15 is 0 Å². The summed E-state index contributed by atoms with van der Waals surface area (Å²) in [6.45, 7) is 6.62. The Morgan fingerprint density at radius 3 is 3.08 bits per heavy atom. The summed E-state index contributed by atoms with van der Waals surface area (Å²) in [6.07, 6.45) is 5.71. The summed E-state index contributed by atoms with van der Waals surface area (Å²) in [6, 6.07) is 5.50. The number of carbonyl (C=O) groups is 1. The molecule has 3 aromatic rings. The van der Waals surface area contributed by atoms with Gasteiger partial charge in [-0.15, -0.1) is 5.10 Å². The second kappa shape index (κ2) is 6.16. The molecule has 2 aromatic heterocycles. The van der Waals surface area contributed by atoms with Crippen molar-refractivity contribution >= 4 is 22.7 Å². The maximum atomic E-state index is 12.4. The highest BCUT2D eigenvalue weighted by molar-refractivity contribution is 6.01. The SMILES string of the molecule is C=CC(=O)N(Cc1cn(CC2CC2)nn1)c1ccc2nc(C)oc2c1. The summed E-state index contributed by atoms with van der Waals surface area (Å²) in [5.41, 5.74) is 2.87. The van der Waals surface area contributed by atoms with Crippen molar-refractivity contribution in [2.24, 2.45) is 5.92 Å². The quantitative estimate of drug-likeness (QED) is 0.646. The second-order valence-corrected chi connectivity index (χ2v) is 6.39. The minimum atomic E-state index is -0.202. The van der Waals surface area contributed by atoms with Crippen LogP contribution in [-0.2, 0) is 17.9 Å². The maximum absolute atomic E-state index is 12.4. The van der Waals surface area contributed by atoms with Crippen LogP contribution in [0.2, 0.25) is 0 Å². The second-order valence-electron chi connectivity index (χ2n) is 6.39. The first-order chi connectivity index (χ1) is 12.1. The van der Waals surface area contributed by atoms with Gasteiger partial charge in [0.05, 0.1) is 12.7 Å². The van der Waals surface area contributed by atoms with Crippen molar-refractivity contribution in [1.82, 2.24) is 20.0 Å². The number of fused-ring (bicyclic) bond motifs is 1. The molecular weight excluding hydrogens is 318 g/mol. The van der Waals surface area contributed by atoms with Crippen molar-refractivity contribution in [3.63, 3.8) is 0 Å². The fraction of sp³-hybridized carbons (Fsp3) is 0.333. The van der Waals surface area contributed by atoms with Gasteiger partial charge in [-0.25, -0.2) is 4.98 Å². The van der Waals surface area contributed by atoms with Gasteiger partial charge in [-0.2, -0.15) is 0 Å². The molecule has 0 saturated heterocycles. The van der Waals surface area contributed by atoms with Gasteiger partial charge in [-0.05, 0) is 37.0 Å². The molecule has 0 unspecified atom stereocenters. The van der Waals surface area contributed by atoms with Crippen LogP contribution in [0.4, 0.5) is 5.69 Å². The van der Waals surface area contributed by atoms with Crippen molar-refractivity contribution in [3.8, 4) is 0 Å². The van der Waals surface area contributed by atoms with E-state index in [1.807, 2.05) is 29.1 Å². The lowest BCUT2D eigenvalue weighted by Crippen LogP contribution is -2.28. The molecule has 1 fully saturated rings. The largest absolute Gasteiger partial charge is 0.441 e. The third-order valence-corrected chi connectivity index (χ3v) is 4.28. The number of anilines is 1. The molecule has 2 heterocycles. The molecule has 1 amide bonds. The number of nitrogens with zero attached hydrogens (tertiary/aromatic N) is 5. The Labute approximate surface area is 144 Å². The highest BCUT2D eigenvalue weighted by Gasteiger charge is 2.23. The number of carbonyl (C=O) groups excluding carboxylic acids is 1. The van der Waals surface area contributed by atoms with Crippen LogP contribution in [-0.4, -0.2) is 25.9 Å². The van der Waals surface area contributed by atoms with E-state index in [-0.39, 0.29) is 5.91 Å². The zero-order valence-electron chi connectivity index (χ0n) is 14.1. The molecule has 1 saturated carbocycles. The summed E-state index contributed by atoms with van der Waals surface area (Å²) < 4.78 is 7.42. The number of benzene rings is 1. The maximum Gasteiger partial charge on any atom is 0.250 e. The highest BCUT2D eigenvalue weighted by Crippen LogP contribution is 2.30. The Balaban J connectivity index is 1.60. The first-order valence-corrected chi connectivity index (χ1v) is 8.32. The summed E-state index contributed by atoms with van der Waals surface area (Å²) in [5, 5.41) is 8.35. The van der Waals surface area contributed by atoms with Crippen LogP contribution in [0.3, 0.4) is 0 Å². The lowest BCUT2D eigenvalue weighted by Gasteiger charge is -2.19.